The van der Waals surface area contributed by atoms with Gasteiger partial charge in [0.1, 0.15) is 0 Å². The van der Waals surface area contributed by atoms with E-state index in [0.29, 0.717) is 17.0 Å². The Morgan fingerprint density at radius 2 is 1.74 bits per heavy atom. The highest BCUT2D eigenvalue weighted by molar-refractivity contribution is 7.83. The Bertz CT molecular complexity index is 884. The van der Waals surface area contributed by atoms with Crippen LogP contribution in [0.2, 0.25) is 0 Å². The highest BCUT2D eigenvalue weighted by Gasteiger charge is 2.10. The molecule has 116 valence electrons. The van der Waals surface area contributed by atoms with Crippen LogP contribution in [0.5, 0.6) is 0 Å². The van der Waals surface area contributed by atoms with Crippen molar-refractivity contribution in [2.24, 2.45) is 0 Å². The average molecular weight is 323 g/mol. The molecule has 3 aromatic rings. The molecule has 1 atom stereocenters. The molecule has 0 aliphatic rings. The van der Waals surface area contributed by atoms with E-state index in [9.17, 15) is 9.00 Å². The molecule has 0 aliphatic heterocycles. The minimum Gasteiger partial charge on any atom is -0.322 e. The van der Waals surface area contributed by atoms with Gasteiger partial charge in [-0.25, -0.2) is 0 Å². The second-order valence-corrected chi connectivity index (χ2v) is 6.83. The zero-order valence-electron chi connectivity index (χ0n) is 12.8. The second kappa shape index (κ2) is 6.75. The van der Waals surface area contributed by atoms with Gasteiger partial charge in [0.05, 0.1) is 0 Å². The van der Waals surface area contributed by atoms with E-state index >= 15 is 0 Å². The van der Waals surface area contributed by atoms with E-state index in [2.05, 4.69) is 5.32 Å². The molecule has 0 heterocycles. The van der Waals surface area contributed by atoms with E-state index in [1.165, 1.54) is 0 Å². The third-order valence-electron chi connectivity index (χ3n) is 3.59. The summed E-state index contributed by atoms with van der Waals surface area (Å²) in [6, 6.07) is 21.0. The van der Waals surface area contributed by atoms with Gasteiger partial charge in [-0.2, -0.15) is 0 Å². The number of hydrogen-bond acceptors (Lipinski definition) is 2. The number of amides is 1. The van der Waals surface area contributed by atoms with Crippen LogP contribution in [0.3, 0.4) is 0 Å². The molecule has 1 unspecified atom stereocenters. The Morgan fingerprint density at radius 3 is 2.57 bits per heavy atom. The summed E-state index contributed by atoms with van der Waals surface area (Å²) in [7, 11) is -0.905. The highest BCUT2D eigenvalue weighted by atomic mass is 32.2. The van der Waals surface area contributed by atoms with Gasteiger partial charge < -0.3 is 5.32 Å². The number of carbonyl (C=O) groups is 1. The molecule has 0 fully saturated rings. The van der Waals surface area contributed by atoms with Gasteiger partial charge in [-0.15, -0.1) is 0 Å². The first-order valence-corrected chi connectivity index (χ1v) is 9.04. The predicted octanol–water partition coefficient (Wildman–Crippen LogP) is 3.97. The van der Waals surface area contributed by atoms with Crippen molar-refractivity contribution in [1.29, 1.82) is 0 Å². The fourth-order valence-electron chi connectivity index (χ4n) is 2.60. The topological polar surface area (TPSA) is 46.2 Å². The van der Waals surface area contributed by atoms with Crippen molar-refractivity contribution in [3.8, 4) is 0 Å². The van der Waals surface area contributed by atoms with Crippen LogP contribution < -0.4 is 5.32 Å². The molecule has 0 radical (unpaired) electrons. The van der Waals surface area contributed by atoms with Crippen LogP contribution in [0.4, 0.5) is 5.69 Å². The SMILES string of the molecule is CS(=O)Cc1cccc(NC(=O)c2cccc3ccccc23)c1. The molecule has 3 nitrogen and oxygen atoms in total. The number of hydrogen-bond donors (Lipinski definition) is 1. The number of anilines is 1. The number of fused-ring (bicyclic) bond motifs is 1. The van der Waals surface area contributed by atoms with Crippen LogP contribution in [-0.4, -0.2) is 16.4 Å². The molecule has 1 N–H and O–H groups in total. The number of carbonyl (C=O) groups excluding carboxylic acids is 1. The van der Waals surface area contributed by atoms with Gasteiger partial charge >= 0.3 is 0 Å². The lowest BCUT2D eigenvalue weighted by molar-refractivity contribution is 0.102. The van der Waals surface area contributed by atoms with Gasteiger partial charge in [0.25, 0.3) is 5.91 Å². The minimum atomic E-state index is -0.905. The normalized spacial score (nSPS) is 12.0. The van der Waals surface area contributed by atoms with E-state index in [-0.39, 0.29) is 5.91 Å². The third kappa shape index (κ3) is 3.66. The Morgan fingerprint density at radius 1 is 1.00 bits per heavy atom. The molecule has 0 spiro atoms. The smallest absolute Gasteiger partial charge is 0.256 e. The lowest BCUT2D eigenvalue weighted by Gasteiger charge is -2.09. The Kier molecular flexibility index (Phi) is 4.53. The van der Waals surface area contributed by atoms with Crippen LogP contribution in [-0.2, 0) is 16.6 Å². The van der Waals surface area contributed by atoms with Gasteiger partial charge in [0.2, 0.25) is 0 Å². The van der Waals surface area contributed by atoms with Crippen molar-refractivity contribution in [3.63, 3.8) is 0 Å². The van der Waals surface area contributed by atoms with Gasteiger partial charge in [0, 0.05) is 34.1 Å². The predicted molar refractivity (Wildman–Crippen MR) is 96.1 cm³/mol. The molecular formula is C19H17NO2S. The number of benzene rings is 3. The van der Waals surface area contributed by atoms with Crippen LogP contribution in [0.1, 0.15) is 15.9 Å². The average Bonchev–Trinajstić information content (AvgIpc) is 2.54. The van der Waals surface area contributed by atoms with Gasteiger partial charge in [-0.05, 0) is 34.5 Å². The third-order valence-corrected chi connectivity index (χ3v) is 4.33. The molecule has 0 aliphatic carbocycles. The molecule has 3 aromatic carbocycles. The molecular weight excluding hydrogens is 306 g/mol. The molecule has 0 saturated heterocycles. The summed E-state index contributed by atoms with van der Waals surface area (Å²) >= 11 is 0. The molecule has 0 bridgehead atoms. The van der Waals surface area contributed by atoms with Crippen molar-refractivity contribution in [2.75, 3.05) is 11.6 Å². The van der Waals surface area contributed by atoms with E-state index in [4.69, 9.17) is 0 Å². The Balaban J connectivity index is 1.88. The Labute approximate surface area is 137 Å². The fraction of sp³-hybridized carbons (Fsp3) is 0.105. The molecule has 23 heavy (non-hydrogen) atoms. The van der Waals surface area contributed by atoms with Crippen LogP contribution in [0.25, 0.3) is 10.8 Å². The summed E-state index contributed by atoms with van der Waals surface area (Å²) in [5.74, 6) is 0.342. The van der Waals surface area contributed by atoms with Crippen LogP contribution in [0.15, 0.2) is 66.7 Å². The van der Waals surface area contributed by atoms with Gasteiger partial charge in [-0.1, -0.05) is 48.5 Å². The molecule has 1 amide bonds. The summed E-state index contributed by atoms with van der Waals surface area (Å²) in [6.45, 7) is 0. The molecule has 3 rings (SSSR count). The van der Waals surface area contributed by atoms with Gasteiger partial charge in [0.15, 0.2) is 0 Å². The van der Waals surface area contributed by atoms with E-state index < -0.39 is 10.8 Å². The lowest BCUT2D eigenvalue weighted by atomic mass is 10.0. The van der Waals surface area contributed by atoms with E-state index in [0.717, 1.165) is 16.3 Å². The molecule has 4 heteroatoms. The first kappa shape index (κ1) is 15.4. The summed E-state index contributed by atoms with van der Waals surface area (Å²) in [5.41, 5.74) is 2.31. The molecule has 0 saturated carbocycles. The van der Waals surface area contributed by atoms with Crippen molar-refractivity contribution in [2.45, 2.75) is 5.75 Å². The standard InChI is InChI=1S/C19H17NO2S/c1-23(22)13-14-6-4-9-16(12-14)20-19(21)18-11-5-8-15-7-2-3-10-17(15)18/h2-12H,13H2,1H3,(H,20,21). The van der Waals surface area contributed by atoms with Crippen molar-refractivity contribution >= 4 is 33.2 Å². The van der Waals surface area contributed by atoms with Crippen LogP contribution in [0, 0.1) is 0 Å². The summed E-state index contributed by atoms with van der Waals surface area (Å²) in [4.78, 5) is 12.6. The maximum absolute atomic E-state index is 12.6. The van der Waals surface area contributed by atoms with Crippen molar-refractivity contribution < 1.29 is 9.00 Å². The molecule has 0 aromatic heterocycles. The number of rotatable bonds is 4. The quantitative estimate of drug-likeness (QED) is 0.789. The first-order valence-electron chi connectivity index (χ1n) is 7.31. The summed E-state index contributed by atoms with van der Waals surface area (Å²) in [5, 5.41) is 4.89. The zero-order chi connectivity index (χ0) is 16.2. The zero-order valence-corrected chi connectivity index (χ0v) is 13.6. The maximum atomic E-state index is 12.6. The monoisotopic (exact) mass is 323 g/mol. The highest BCUT2D eigenvalue weighted by Crippen LogP contribution is 2.20. The summed E-state index contributed by atoms with van der Waals surface area (Å²) in [6.07, 6.45) is 1.67. The van der Waals surface area contributed by atoms with Crippen molar-refractivity contribution in [1.82, 2.24) is 0 Å². The van der Waals surface area contributed by atoms with Crippen molar-refractivity contribution in [3.05, 3.63) is 77.9 Å². The second-order valence-electron chi connectivity index (χ2n) is 5.40. The largest absolute Gasteiger partial charge is 0.322 e. The lowest BCUT2D eigenvalue weighted by Crippen LogP contribution is -2.12. The van der Waals surface area contributed by atoms with Crippen LogP contribution >= 0.6 is 0 Å². The van der Waals surface area contributed by atoms with E-state index in [1.807, 2.05) is 66.7 Å². The van der Waals surface area contributed by atoms with Gasteiger partial charge in [-0.3, -0.25) is 9.00 Å². The van der Waals surface area contributed by atoms with E-state index in [1.54, 1.807) is 6.26 Å². The maximum Gasteiger partial charge on any atom is 0.256 e. The fourth-order valence-corrected chi connectivity index (χ4v) is 3.24. The summed E-state index contributed by atoms with van der Waals surface area (Å²) < 4.78 is 11.3. The first-order chi connectivity index (χ1) is 11.1. The Hall–Kier alpha value is -2.46. The minimum absolute atomic E-state index is 0.142. The number of nitrogens with one attached hydrogen (secondary N) is 1.